The molecule has 0 aliphatic carbocycles. The van der Waals surface area contributed by atoms with Crippen LogP contribution in [-0.4, -0.2) is 130 Å². The molecule has 3 rings (SSSR count). The molecule has 46 heavy (non-hydrogen) atoms. The van der Waals surface area contributed by atoms with Crippen molar-refractivity contribution in [1.82, 2.24) is 31.4 Å². The van der Waals surface area contributed by atoms with Gasteiger partial charge in [-0.1, -0.05) is 11.6 Å². The third kappa shape index (κ3) is 9.85. The number of aliphatic imine (C=N–C) groups is 1. The van der Waals surface area contributed by atoms with Crippen molar-refractivity contribution in [2.45, 2.75) is 63.2 Å². The van der Waals surface area contributed by atoms with Crippen molar-refractivity contribution < 1.29 is 54.0 Å². The number of carboxylic acids is 1. The van der Waals surface area contributed by atoms with E-state index >= 15 is 0 Å². The van der Waals surface area contributed by atoms with Crippen molar-refractivity contribution in [1.29, 1.82) is 0 Å². The summed E-state index contributed by atoms with van der Waals surface area (Å²) in [6, 6.07) is -0.229. The number of benzene rings is 1. The van der Waals surface area contributed by atoms with Crippen molar-refractivity contribution in [2.24, 2.45) is 4.99 Å². The highest BCUT2D eigenvalue weighted by Gasteiger charge is 2.38. The lowest BCUT2D eigenvalue weighted by Gasteiger charge is -2.37. The Bertz CT molecular complexity index is 1320. The highest BCUT2D eigenvalue weighted by Crippen LogP contribution is 2.23. The van der Waals surface area contributed by atoms with Gasteiger partial charge in [0.1, 0.15) is 30.5 Å². The van der Waals surface area contributed by atoms with Crippen LogP contribution in [0.15, 0.2) is 23.2 Å². The van der Waals surface area contributed by atoms with Gasteiger partial charge < -0.3 is 36.0 Å². The number of phenols is 1. The average molecular weight is 650 g/mol. The van der Waals surface area contributed by atoms with E-state index in [4.69, 9.17) is 9.84 Å². The first-order valence-electron chi connectivity index (χ1n) is 14.6. The molecule has 2 aliphatic rings. The molecule has 4 atom stereocenters. The quantitative estimate of drug-likeness (QED) is 0.0526. The predicted octanol–water partition coefficient (Wildman–Crippen LogP) is -2.48. The van der Waals surface area contributed by atoms with Crippen LogP contribution in [0, 0.1) is 6.92 Å². The summed E-state index contributed by atoms with van der Waals surface area (Å²) in [4.78, 5) is 78.5. The molecule has 2 aliphatic heterocycles. The maximum absolute atomic E-state index is 13.7. The fraction of sp³-hybridized carbons (Fsp3) is 0.536. The molecule has 8 N–H and O–H groups in total. The zero-order valence-electron chi connectivity index (χ0n) is 25.2. The number of carboxylic acid groups (broad SMARTS) is 1. The van der Waals surface area contributed by atoms with Crippen LogP contribution in [0.4, 0.5) is 0 Å². The van der Waals surface area contributed by atoms with Gasteiger partial charge in [0.15, 0.2) is 6.04 Å². The summed E-state index contributed by atoms with van der Waals surface area (Å²) in [5, 5.41) is 47.2. The van der Waals surface area contributed by atoms with E-state index in [0.29, 0.717) is 18.0 Å². The molecule has 2 heterocycles. The van der Waals surface area contributed by atoms with Crippen LogP contribution in [0.5, 0.6) is 5.75 Å². The van der Waals surface area contributed by atoms with Gasteiger partial charge in [-0.2, -0.15) is 0 Å². The highest BCUT2D eigenvalue weighted by molar-refractivity contribution is 6.01. The van der Waals surface area contributed by atoms with E-state index < -0.39 is 60.4 Å². The van der Waals surface area contributed by atoms with E-state index in [9.17, 15) is 44.2 Å². The number of nitrogens with one attached hydrogen (secondary N) is 4. The van der Waals surface area contributed by atoms with Crippen LogP contribution in [0.1, 0.15) is 43.2 Å². The number of nitrogens with zero attached hydrogens (tertiary/aromatic N) is 3. The Balaban J connectivity index is 1.71. The second kappa shape index (κ2) is 17.0. The Labute approximate surface area is 263 Å². The first-order valence-corrected chi connectivity index (χ1v) is 14.6. The number of aliphatic carboxylic acids is 1. The fourth-order valence-electron chi connectivity index (χ4n) is 4.77. The van der Waals surface area contributed by atoms with Gasteiger partial charge in [-0.25, -0.2) is 15.5 Å². The van der Waals surface area contributed by atoms with Crippen LogP contribution in [-0.2, 0) is 33.5 Å². The smallest absolute Gasteiger partial charge is 0.305 e. The minimum absolute atomic E-state index is 0.0286. The van der Waals surface area contributed by atoms with Crippen molar-refractivity contribution in [3.05, 3.63) is 29.3 Å². The Kier molecular flexibility index (Phi) is 13.2. The molecular weight excluding hydrogens is 610 g/mol. The van der Waals surface area contributed by atoms with E-state index in [0.717, 1.165) is 10.6 Å². The van der Waals surface area contributed by atoms with E-state index in [1.807, 2.05) is 0 Å². The SMILES string of the molecule is Cc1ccc(O)c(C2=NC(C(=O)NC(CO)C(=O)NC(CCCN(O)C=O)C(=O)N3NCCCC3C(=O)NCCC(=O)O)CO2)c1. The normalized spacial score (nSPS) is 18.8. The Hall–Kier alpha value is -4.81. The molecular formula is C28H39N7O11. The Morgan fingerprint density at radius 1 is 1.20 bits per heavy atom. The summed E-state index contributed by atoms with van der Waals surface area (Å²) < 4.78 is 5.48. The Morgan fingerprint density at radius 2 is 1.96 bits per heavy atom. The molecule has 0 radical (unpaired) electrons. The zero-order chi connectivity index (χ0) is 33.8. The van der Waals surface area contributed by atoms with Crippen molar-refractivity contribution >= 4 is 41.9 Å². The van der Waals surface area contributed by atoms with Crippen LogP contribution in [0.3, 0.4) is 0 Å². The molecule has 0 saturated carbocycles. The van der Waals surface area contributed by atoms with E-state index in [1.165, 1.54) is 6.07 Å². The number of phenolic OH excluding ortho intramolecular Hbond substituents is 1. The molecule has 1 fully saturated rings. The second-order valence-electron chi connectivity index (χ2n) is 10.7. The molecule has 0 spiro atoms. The average Bonchev–Trinajstić information content (AvgIpc) is 3.53. The third-order valence-corrected chi connectivity index (χ3v) is 7.19. The minimum Gasteiger partial charge on any atom is -0.507 e. The number of hydrazine groups is 1. The molecule has 252 valence electrons. The minimum atomic E-state index is -1.52. The summed E-state index contributed by atoms with van der Waals surface area (Å²) in [6.07, 6.45) is 0.529. The number of rotatable bonds is 16. The van der Waals surface area contributed by atoms with Crippen LogP contribution >= 0.6 is 0 Å². The highest BCUT2D eigenvalue weighted by atomic mass is 16.5. The molecule has 1 saturated heterocycles. The zero-order valence-corrected chi connectivity index (χ0v) is 25.2. The lowest BCUT2D eigenvalue weighted by molar-refractivity contribution is -0.151. The van der Waals surface area contributed by atoms with Crippen molar-refractivity contribution in [2.75, 3.05) is 32.8 Å². The van der Waals surface area contributed by atoms with Gasteiger partial charge in [0.25, 0.3) is 5.91 Å². The molecule has 1 aromatic rings. The van der Waals surface area contributed by atoms with Crippen LogP contribution in [0.2, 0.25) is 0 Å². The number of hydroxylamine groups is 2. The number of carbonyl (C=O) groups excluding carboxylic acids is 5. The summed E-state index contributed by atoms with van der Waals surface area (Å²) in [5.74, 6) is -4.25. The van der Waals surface area contributed by atoms with Gasteiger partial charge in [-0.15, -0.1) is 0 Å². The number of amides is 5. The molecule has 1 aromatic carbocycles. The maximum Gasteiger partial charge on any atom is 0.305 e. The van der Waals surface area contributed by atoms with Crippen LogP contribution < -0.4 is 21.4 Å². The van der Waals surface area contributed by atoms with Crippen molar-refractivity contribution in [3.8, 4) is 5.75 Å². The molecule has 4 unspecified atom stereocenters. The number of carbonyl (C=O) groups is 6. The number of aliphatic hydroxyl groups excluding tert-OH is 1. The van der Waals surface area contributed by atoms with Gasteiger partial charge in [0.2, 0.25) is 30.0 Å². The number of hydrogen-bond donors (Lipinski definition) is 8. The number of hydrogen-bond acceptors (Lipinski definition) is 12. The van der Waals surface area contributed by atoms with Crippen molar-refractivity contribution in [3.63, 3.8) is 0 Å². The number of aromatic hydroxyl groups is 1. The van der Waals surface area contributed by atoms with E-state index in [-0.39, 0.29) is 69.0 Å². The lowest BCUT2D eigenvalue weighted by Crippen LogP contribution is -2.64. The molecule has 0 bridgehead atoms. The molecule has 18 heteroatoms. The Morgan fingerprint density at radius 3 is 2.65 bits per heavy atom. The monoisotopic (exact) mass is 649 g/mol. The topological polar surface area (TPSA) is 260 Å². The summed E-state index contributed by atoms with van der Waals surface area (Å²) in [7, 11) is 0. The number of aliphatic hydroxyl groups is 1. The van der Waals surface area contributed by atoms with Gasteiger partial charge in [0, 0.05) is 19.6 Å². The third-order valence-electron chi connectivity index (χ3n) is 7.19. The molecule has 0 aromatic heterocycles. The second-order valence-corrected chi connectivity index (χ2v) is 10.7. The maximum atomic E-state index is 13.7. The largest absolute Gasteiger partial charge is 0.507 e. The standard InChI is InChI=1S/C28H39N7O11/c1-16-6-7-22(38)17(12-16)27-33-20(14-46-27)25(42)32-19(13-36)24(41)31-18(4-3-11-34(45)15-37)28(44)35-21(5-2-9-30-35)26(43)29-10-8-23(39)40/h6-7,12,15,18-21,30,36,38,45H,2-5,8-11,13-14H2,1H3,(H,29,43)(H,31,41)(H,32,42)(H,39,40). The molecule has 18 nitrogen and oxygen atoms in total. The summed E-state index contributed by atoms with van der Waals surface area (Å²) >= 11 is 0. The van der Waals surface area contributed by atoms with Crippen LogP contribution in [0.25, 0.3) is 0 Å². The van der Waals surface area contributed by atoms with Gasteiger partial charge in [0.05, 0.1) is 18.6 Å². The number of ether oxygens (including phenoxy) is 1. The first-order chi connectivity index (χ1) is 21.9. The predicted molar refractivity (Wildman–Crippen MR) is 157 cm³/mol. The summed E-state index contributed by atoms with van der Waals surface area (Å²) in [5.41, 5.74) is 3.92. The lowest BCUT2D eigenvalue weighted by atomic mass is 10.0. The van der Waals surface area contributed by atoms with Gasteiger partial charge >= 0.3 is 5.97 Å². The fourth-order valence-corrected chi connectivity index (χ4v) is 4.77. The molecule has 5 amide bonds. The summed E-state index contributed by atoms with van der Waals surface area (Å²) in [6.45, 7) is 0.725. The van der Waals surface area contributed by atoms with Gasteiger partial charge in [-0.05, 0) is 44.7 Å². The number of aryl methyl sites for hydroxylation is 1. The van der Waals surface area contributed by atoms with E-state index in [1.54, 1.807) is 19.1 Å². The van der Waals surface area contributed by atoms with Gasteiger partial charge in [-0.3, -0.25) is 39.0 Å². The first kappa shape index (κ1) is 35.7. The van der Waals surface area contributed by atoms with E-state index in [2.05, 4.69) is 26.4 Å².